The van der Waals surface area contributed by atoms with Gasteiger partial charge in [-0.15, -0.1) is 0 Å². The third kappa shape index (κ3) is 3.74. The molecule has 1 aliphatic carbocycles. The summed E-state index contributed by atoms with van der Waals surface area (Å²) in [5.74, 6) is -0.319. The van der Waals surface area contributed by atoms with E-state index in [1.807, 2.05) is 24.3 Å². The summed E-state index contributed by atoms with van der Waals surface area (Å²) in [6.45, 7) is -0.719. The van der Waals surface area contributed by atoms with Gasteiger partial charge in [0.25, 0.3) is 6.43 Å². The van der Waals surface area contributed by atoms with Crippen LogP contribution in [-0.2, 0) is 16.0 Å². The molecule has 2 N–H and O–H groups in total. The fraction of sp³-hybridized carbons (Fsp3) is 0.500. The smallest absolute Gasteiger partial charge is 0.261 e. The minimum Gasteiger partial charge on any atom is -0.390 e. The molecule has 20 heavy (non-hydrogen) atoms. The zero-order valence-corrected chi connectivity index (χ0v) is 10.9. The van der Waals surface area contributed by atoms with Crippen LogP contribution in [0.15, 0.2) is 24.3 Å². The molecule has 1 aromatic carbocycles. The van der Waals surface area contributed by atoms with Gasteiger partial charge in [0.05, 0.1) is 18.8 Å². The molecule has 0 bridgehead atoms. The second-order valence-electron chi connectivity index (χ2n) is 4.73. The lowest BCUT2D eigenvalue weighted by molar-refractivity contribution is -0.124. The van der Waals surface area contributed by atoms with Gasteiger partial charge in [0.15, 0.2) is 0 Å². The number of aliphatic hydroxyl groups excluding tert-OH is 1. The number of nitrogens with one attached hydrogen (secondary N) is 1. The molecule has 0 spiro atoms. The van der Waals surface area contributed by atoms with Gasteiger partial charge < -0.3 is 15.2 Å². The molecular weight excluding hydrogens is 268 g/mol. The van der Waals surface area contributed by atoms with Crippen molar-refractivity contribution < 1.29 is 23.4 Å². The molecule has 0 aromatic heterocycles. The number of amides is 1. The first-order valence-electron chi connectivity index (χ1n) is 6.49. The third-order valence-electron chi connectivity index (χ3n) is 3.24. The Morgan fingerprint density at radius 2 is 2.20 bits per heavy atom. The van der Waals surface area contributed by atoms with Gasteiger partial charge in [-0.05, 0) is 11.1 Å². The third-order valence-corrected chi connectivity index (χ3v) is 3.24. The minimum atomic E-state index is -2.53. The van der Waals surface area contributed by atoms with Crippen molar-refractivity contribution >= 4 is 5.91 Å². The van der Waals surface area contributed by atoms with Crippen LogP contribution in [0.1, 0.15) is 23.6 Å². The lowest BCUT2D eigenvalue weighted by Gasteiger charge is -2.18. The molecule has 1 amide bonds. The summed E-state index contributed by atoms with van der Waals surface area (Å²) in [5.41, 5.74) is 1.92. The highest BCUT2D eigenvalue weighted by atomic mass is 19.3. The first-order valence-corrected chi connectivity index (χ1v) is 6.49. The van der Waals surface area contributed by atoms with Crippen LogP contribution in [0.25, 0.3) is 0 Å². The molecule has 6 heteroatoms. The Morgan fingerprint density at radius 1 is 1.45 bits per heavy atom. The van der Waals surface area contributed by atoms with Gasteiger partial charge in [0, 0.05) is 12.8 Å². The van der Waals surface area contributed by atoms with Gasteiger partial charge in [0.2, 0.25) is 5.91 Å². The van der Waals surface area contributed by atoms with E-state index in [0.29, 0.717) is 6.42 Å². The summed E-state index contributed by atoms with van der Waals surface area (Å²) in [7, 11) is 0. The summed E-state index contributed by atoms with van der Waals surface area (Å²) >= 11 is 0. The monoisotopic (exact) mass is 285 g/mol. The summed E-state index contributed by atoms with van der Waals surface area (Å²) in [5, 5.41) is 12.7. The molecule has 1 aliphatic rings. The highest BCUT2D eigenvalue weighted by molar-refractivity contribution is 5.76. The van der Waals surface area contributed by atoms with Gasteiger partial charge in [-0.2, -0.15) is 0 Å². The number of alkyl halides is 2. The highest BCUT2D eigenvalue weighted by Gasteiger charge is 2.31. The largest absolute Gasteiger partial charge is 0.390 e. The van der Waals surface area contributed by atoms with Crippen molar-refractivity contribution in [2.45, 2.75) is 31.4 Å². The number of hydrogen-bond acceptors (Lipinski definition) is 3. The van der Waals surface area contributed by atoms with Gasteiger partial charge in [-0.3, -0.25) is 4.79 Å². The Morgan fingerprint density at radius 3 is 2.95 bits per heavy atom. The summed E-state index contributed by atoms with van der Waals surface area (Å²) in [6, 6.07) is 7.07. The summed E-state index contributed by atoms with van der Waals surface area (Å²) in [6.07, 6.45) is -2.68. The molecular formula is C14H17F2NO3. The highest BCUT2D eigenvalue weighted by Crippen LogP contribution is 2.31. The van der Waals surface area contributed by atoms with Crippen LogP contribution in [-0.4, -0.2) is 36.8 Å². The van der Waals surface area contributed by atoms with Crippen molar-refractivity contribution in [3.05, 3.63) is 35.4 Å². The van der Waals surface area contributed by atoms with Crippen LogP contribution in [0.2, 0.25) is 0 Å². The molecule has 0 saturated carbocycles. The van der Waals surface area contributed by atoms with E-state index in [9.17, 15) is 18.7 Å². The van der Waals surface area contributed by atoms with Gasteiger partial charge in [-0.1, -0.05) is 24.3 Å². The van der Waals surface area contributed by atoms with Crippen molar-refractivity contribution in [2.75, 3.05) is 13.2 Å². The maximum Gasteiger partial charge on any atom is 0.261 e. The molecule has 0 fully saturated rings. The van der Waals surface area contributed by atoms with Crippen molar-refractivity contribution in [3.63, 3.8) is 0 Å². The van der Waals surface area contributed by atoms with Crippen molar-refractivity contribution in [2.24, 2.45) is 0 Å². The normalized spacial score (nSPS) is 21.0. The van der Waals surface area contributed by atoms with E-state index in [0.717, 1.165) is 11.1 Å². The van der Waals surface area contributed by atoms with Crippen molar-refractivity contribution in [1.82, 2.24) is 5.32 Å². The maximum absolute atomic E-state index is 11.8. The number of benzene rings is 1. The van der Waals surface area contributed by atoms with E-state index in [4.69, 9.17) is 0 Å². The first kappa shape index (κ1) is 14.9. The number of ether oxygens (including phenoxy) is 1. The number of carbonyl (C=O) groups excluding carboxylic acids is 1. The predicted molar refractivity (Wildman–Crippen MR) is 68.5 cm³/mol. The van der Waals surface area contributed by atoms with Crippen molar-refractivity contribution in [1.29, 1.82) is 0 Å². The van der Waals surface area contributed by atoms with Crippen LogP contribution < -0.4 is 5.32 Å². The fourth-order valence-electron chi connectivity index (χ4n) is 2.33. The molecule has 110 valence electrons. The molecule has 2 rings (SSSR count). The van der Waals surface area contributed by atoms with Crippen LogP contribution in [0.5, 0.6) is 0 Å². The van der Waals surface area contributed by atoms with E-state index in [1.54, 1.807) is 0 Å². The zero-order chi connectivity index (χ0) is 14.5. The molecule has 2 atom stereocenters. The number of halogens is 2. The Balaban J connectivity index is 1.82. The predicted octanol–water partition coefficient (Wildman–Crippen LogP) is 1.43. The Bertz CT molecular complexity index is 467. The average Bonchev–Trinajstić information content (AvgIpc) is 2.71. The SMILES string of the molecule is O=C(CCOCC(F)F)N[C@H]1c2ccccc2C[C@H]1O. The zero-order valence-electron chi connectivity index (χ0n) is 10.9. The standard InChI is InChI=1S/C14H17F2NO3/c15-12(16)8-20-6-5-13(19)17-14-10-4-2-1-3-9(10)7-11(14)18/h1-4,11-12,14,18H,5-8H2,(H,17,19)/t11-,14+/m1/s1. The van der Waals surface area contributed by atoms with Crippen LogP contribution in [0.3, 0.4) is 0 Å². The van der Waals surface area contributed by atoms with Crippen molar-refractivity contribution in [3.8, 4) is 0 Å². The van der Waals surface area contributed by atoms with Crippen LogP contribution in [0, 0.1) is 0 Å². The van der Waals surface area contributed by atoms with Crippen LogP contribution in [0.4, 0.5) is 8.78 Å². The van der Waals surface area contributed by atoms with E-state index in [2.05, 4.69) is 10.1 Å². The number of hydrogen-bond donors (Lipinski definition) is 2. The number of carbonyl (C=O) groups is 1. The van der Waals surface area contributed by atoms with E-state index in [-0.39, 0.29) is 18.9 Å². The lowest BCUT2D eigenvalue weighted by Crippen LogP contribution is -2.34. The quantitative estimate of drug-likeness (QED) is 0.777. The first-order chi connectivity index (χ1) is 9.58. The van der Waals surface area contributed by atoms with Gasteiger partial charge in [0.1, 0.15) is 6.61 Å². The van der Waals surface area contributed by atoms with E-state index in [1.165, 1.54) is 0 Å². The molecule has 0 heterocycles. The molecule has 4 nitrogen and oxygen atoms in total. The molecule has 1 aromatic rings. The number of rotatable bonds is 6. The Hall–Kier alpha value is -1.53. The second-order valence-corrected chi connectivity index (χ2v) is 4.73. The Kier molecular flexibility index (Phi) is 5.03. The van der Waals surface area contributed by atoms with Gasteiger partial charge in [-0.25, -0.2) is 8.78 Å². The number of fused-ring (bicyclic) bond motifs is 1. The summed E-state index contributed by atoms with van der Waals surface area (Å²) in [4.78, 5) is 11.7. The Labute approximate surface area is 115 Å². The maximum atomic E-state index is 11.8. The average molecular weight is 285 g/mol. The van der Waals surface area contributed by atoms with Gasteiger partial charge >= 0.3 is 0 Å². The van der Waals surface area contributed by atoms with Crippen LogP contribution >= 0.6 is 0 Å². The molecule has 0 saturated heterocycles. The number of aliphatic hydroxyl groups is 1. The minimum absolute atomic E-state index is 0.00188. The van der Waals surface area contributed by atoms with E-state index >= 15 is 0 Å². The molecule has 0 radical (unpaired) electrons. The topological polar surface area (TPSA) is 58.6 Å². The molecule has 0 aliphatic heterocycles. The van der Waals surface area contributed by atoms with E-state index < -0.39 is 25.2 Å². The summed E-state index contributed by atoms with van der Waals surface area (Å²) < 4.78 is 28.3. The second kappa shape index (κ2) is 6.76. The fourth-order valence-corrected chi connectivity index (χ4v) is 2.33. The lowest BCUT2D eigenvalue weighted by atomic mass is 10.1. The molecule has 0 unspecified atom stereocenters.